The Labute approximate surface area is 94.8 Å². The third-order valence-electron chi connectivity index (χ3n) is 3.82. The molecule has 0 amide bonds. The summed E-state index contributed by atoms with van der Waals surface area (Å²) in [7, 11) is 1.79. The molecule has 1 N–H and O–H groups in total. The molecule has 0 saturated heterocycles. The number of ether oxygens (including phenoxy) is 1. The van der Waals surface area contributed by atoms with Crippen molar-refractivity contribution >= 4 is 0 Å². The second kappa shape index (κ2) is 5.31. The molecule has 0 spiro atoms. The fraction of sp³-hybridized carbons (Fsp3) is 1.00. The zero-order valence-corrected chi connectivity index (χ0v) is 10.9. The molecule has 15 heavy (non-hydrogen) atoms. The molecule has 0 atom stereocenters. The lowest BCUT2D eigenvalue weighted by Gasteiger charge is -2.26. The maximum atomic E-state index is 5.39. The molecule has 2 heteroatoms. The predicted octanol–water partition coefficient (Wildman–Crippen LogP) is 2.97. The Morgan fingerprint density at radius 1 is 1.27 bits per heavy atom. The van der Waals surface area contributed by atoms with E-state index in [1.807, 2.05) is 0 Å². The van der Waals surface area contributed by atoms with E-state index in [1.165, 1.54) is 32.2 Å². The van der Waals surface area contributed by atoms with Crippen LogP contribution >= 0.6 is 0 Å². The summed E-state index contributed by atoms with van der Waals surface area (Å²) in [5.74, 6) is 0. The first-order valence-electron chi connectivity index (χ1n) is 6.23. The van der Waals surface area contributed by atoms with E-state index < -0.39 is 0 Å². The summed E-state index contributed by atoms with van der Waals surface area (Å²) in [5, 5.41) is 3.58. The van der Waals surface area contributed by atoms with Crippen molar-refractivity contribution in [2.75, 3.05) is 20.2 Å². The highest BCUT2D eigenvalue weighted by atomic mass is 16.5. The van der Waals surface area contributed by atoms with Crippen LogP contribution in [-0.4, -0.2) is 25.8 Å². The molecule has 1 aliphatic rings. The van der Waals surface area contributed by atoms with Gasteiger partial charge in [0.2, 0.25) is 0 Å². The number of rotatable bonds is 6. The first-order valence-corrected chi connectivity index (χ1v) is 6.23. The van der Waals surface area contributed by atoms with Gasteiger partial charge in [-0.25, -0.2) is 0 Å². The Balaban J connectivity index is 2.11. The van der Waals surface area contributed by atoms with Crippen LogP contribution in [0.15, 0.2) is 0 Å². The van der Waals surface area contributed by atoms with E-state index >= 15 is 0 Å². The lowest BCUT2D eigenvalue weighted by atomic mass is 9.89. The first kappa shape index (κ1) is 13.0. The summed E-state index contributed by atoms with van der Waals surface area (Å²) in [6, 6.07) is 0. The van der Waals surface area contributed by atoms with Crippen LogP contribution < -0.4 is 5.32 Å². The monoisotopic (exact) mass is 213 g/mol. The van der Waals surface area contributed by atoms with Crippen molar-refractivity contribution in [3.8, 4) is 0 Å². The van der Waals surface area contributed by atoms with Gasteiger partial charge < -0.3 is 10.1 Å². The van der Waals surface area contributed by atoms with E-state index in [9.17, 15) is 0 Å². The number of methoxy groups -OCH3 is 1. The van der Waals surface area contributed by atoms with E-state index in [-0.39, 0.29) is 5.60 Å². The van der Waals surface area contributed by atoms with Crippen LogP contribution in [0.25, 0.3) is 0 Å². The summed E-state index contributed by atoms with van der Waals surface area (Å²) in [4.78, 5) is 0. The van der Waals surface area contributed by atoms with Crippen LogP contribution in [0.3, 0.4) is 0 Å². The third kappa shape index (κ3) is 4.52. The molecule has 2 nitrogen and oxygen atoms in total. The molecule has 0 aromatic carbocycles. The van der Waals surface area contributed by atoms with Crippen LogP contribution in [0.4, 0.5) is 0 Å². The van der Waals surface area contributed by atoms with Gasteiger partial charge in [-0.2, -0.15) is 0 Å². The Morgan fingerprint density at radius 3 is 2.40 bits per heavy atom. The maximum Gasteiger partial charge on any atom is 0.0634 e. The van der Waals surface area contributed by atoms with Crippen molar-refractivity contribution in [3.63, 3.8) is 0 Å². The molecule has 90 valence electrons. The van der Waals surface area contributed by atoms with Gasteiger partial charge in [0.1, 0.15) is 0 Å². The Hall–Kier alpha value is -0.0800. The van der Waals surface area contributed by atoms with Gasteiger partial charge in [-0.1, -0.05) is 19.8 Å². The molecule has 0 aliphatic heterocycles. The molecule has 1 rings (SSSR count). The topological polar surface area (TPSA) is 21.3 Å². The van der Waals surface area contributed by atoms with E-state index in [0.717, 1.165) is 13.0 Å². The Morgan fingerprint density at radius 2 is 1.87 bits per heavy atom. The summed E-state index contributed by atoms with van der Waals surface area (Å²) < 4.78 is 5.39. The zero-order chi connectivity index (χ0) is 11.4. The summed E-state index contributed by atoms with van der Waals surface area (Å²) in [5.41, 5.74) is 0.584. The van der Waals surface area contributed by atoms with Crippen LogP contribution in [0.1, 0.15) is 52.9 Å². The molecule has 1 aliphatic carbocycles. The largest absolute Gasteiger partial charge is 0.379 e. The van der Waals surface area contributed by atoms with E-state index in [2.05, 4.69) is 26.1 Å². The van der Waals surface area contributed by atoms with E-state index in [0.29, 0.717) is 5.41 Å². The zero-order valence-electron chi connectivity index (χ0n) is 10.9. The Kier molecular flexibility index (Phi) is 4.60. The van der Waals surface area contributed by atoms with Crippen molar-refractivity contribution < 1.29 is 4.74 Å². The SMILES string of the molecule is COC(C)(C)CCNCC1(C)CCCC1. The second-order valence-electron chi connectivity index (χ2n) is 5.91. The molecule has 0 heterocycles. The lowest BCUT2D eigenvalue weighted by molar-refractivity contribution is 0.0154. The summed E-state index contributed by atoms with van der Waals surface area (Å²) >= 11 is 0. The highest BCUT2D eigenvalue weighted by Gasteiger charge is 2.28. The molecule has 0 radical (unpaired) electrons. The minimum absolute atomic E-state index is 0.0174. The normalized spacial score (nSPS) is 20.8. The molecule has 1 fully saturated rings. The van der Waals surface area contributed by atoms with Gasteiger partial charge >= 0.3 is 0 Å². The van der Waals surface area contributed by atoms with Crippen LogP contribution in [0.5, 0.6) is 0 Å². The molecule has 1 saturated carbocycles. The predicted molar refractivity (Wildman–Crippen MR) is 65.1 cm³/mol. The van der Waals surface area contributed by atoms with Crippen molar-refractivity contribution in [2.24, 2.45) is 5.41 Å². The molecule has 0 bridgehead atoms. The first-order chi connectivity index (χ1) is 6.97. The molecular weight excluding hydrogens is 186 g/mol. The Bertz CT molecular complexity index is 183. The standard InChI is InChI=1S/C13H27NO/c1-12(2,15-4)9-10-14-11-13(3)7-5-6-8-13/h14H,5-11H2,1-4H3. The van der Waals surface area contributed by atoms with E-state index in [1.54, 1.807) is 7.11 Å². The van der Waals surface area contributed by atoms with Gasteiger partial charge in [-0.05, 0) is 45.1 Å². The minimum Gasteiger partial charge on any atom is -0.379 e. The highest BCUT2D eigenvalue weighted by molar-refractivity contribution is 4.82. The average Bonchev–Trinajstić information content (AvgIpc) is 2.61. The van der Waals surface area contributed by atoms with Crippen molar-refractivity contribution in [2.45, 2.75) is 58.5 Å². The van der Waals surface area contributed by atoms with Gasteiger partial charge in [-0.3, -0.25) is 0 Å². The van der Waals surface area contributed by atoms with E-state index in [4.69, 9.17) is 4.74 Å². The lowest BCUT2D eigenvalue weighted by Crippen LogP contribution is -2.34. The second-order valence-corrected chi connectivity index (χ2v) is 5.91. The molecular formula is C13H27NO. The number of nitrogens with one attached hydrogen (secondary N) is 1. The van der Waals surface area contributed by atoms with Crippen molar-refractivity contribution in [1.29, 1.82) is 0 Å². The van der Waals surface area contributed by atoms with Gasteiger partial charge in [0.05, 0.1) is 5.60 Å². The van der Waals surface area contributed by atoms with Crippen LogP contribution in [0.2, 0.25) is 0 Å². The fourth-order valence-corrected chi connectivity index (χ4v) is 2.29. The van der Waals surface area contributed by atoms with Crippen LogP contribution in [-0.2, 0) is 4.74 Å². The highest BCUT2D eigenvalue weighted by Crippen LogP contribution is 2.36. The minimum atomic E-state index is 0.0174. The molecule has 0 aromatic rings. The van der Waals surface area contributed by atoms with Crippen LogP contribution in [0, 0.1) is 5.41 Å². The van der Waals surface area contributed by atoms with Gasteiger partial charge in [-0.15, -0.1) is 0 Å². The fourth-order valence-electron chi connectivity index (χ4n) is 2.29. The number of hydrogen-bond acceptors (Lipinski definition) is 2. The van der Waals surface area contributed by atoms with Crippen molar-refractivity contribution in [1.82, 2.24) is 5.32 Å². The molecule has 0 aromatic heterocycles. The maximum absolute atomic E-state index is 5.39. The third-order valence-corrected chi connectivity index (χ3v) is 3.82. The van der Waals surface area contributed by atoms with Gasteiger partial charge in [0, 0.05) is 13.7 Å². The summed E-state index contributed by atoms with van der Waals surface area (Å²) in [6.07, 6.45) is 6.71. The van der Waals surface area contributed by atoms with Gasteiger partial charge in [0.25, 0.3) is 0 Å². The average molecular weight is 213 g/mol. The van der Waals surface area contributed by atoms with Gasteiger partial charge in [0.15, 0.2) is 0 Å². The smallest absolute Gasteiger partial charge is 0.0634 e. The quantitative estimate of drug-likeness (QED) is 0.685. The molecule has 0 unspecified atom stereocenters. The van der Waals surface area contributed by atoms with Crippen molar-refractivity contribution in [3.05, 3.63) is 0 Å². The number of hydrogen-bond donors (Lipinski definition) is 1. The summed E-state index contributed by atoms with van der Waals surface area (Å²) in [6.45, 7) is 8.94.